The Morgan fingerprint density at radius 3 is 2.28 bits per heavy atom. The molecule has 0 amide bonds. The number of nitrogens with one attached hydrogen (secondary N) is 1. The molecule has 2 aromatic rings. The zero-order valence-corrected chi connectivity index (χ0v) is 15.3. The van der Waals surface area contributed by atoms with E-state index in [1.165, 1.54) is 16.7 Å². The molecule has 1 aliphatic heterocycles. The molecule has 5 heteroatoms. The van der Waals surface area contributed by atoms with E-state index in [1.54, 1.807) is 26.2 Å². The van der Waals surface area contributed by atoms with Crippen molar-refractivity contribution < 1.29 is 24.8 Å². The van der Waals surface area contributed by atoms with E-state index < -0.39 is 0 Å². The molecule has 1 unspecified atom stereocenters. The first-order valence-corrected chi connectivity index (χ1v) is 8.71. The summed E-state index contributed by atoms with van der Waals surface area (Å²) in [7, 11) is 5.07. The minimum atomic E-state index is 0.366. The van der Waals surface area contributed by atoms with Crippen molar-refractivity contribution in [2.24, 2.45) is 0 Å². The maximum absolute atomic E-state index is 5.51. The van der Waals surface area contributed by atoms with Crippen LogP contribution < -0.4 is 24.8 Å². The van der Waals surface area contributed by atoms with Gasteiger partial charge in [0.1, 0.15) is 18.8 Å². The third kappa shape index (κ3) is 3.57. The Morgan fingerprint density at radius 1 is 1.00 bits per heavy atom. The molecule has 2 atom stereocenters. The van der Waals surface area contributed by atoms with E-state index in [0.717, 1.165) is 43.3 Å². The van der Waals surface area contributed by atoms with Crippen LogP contribution in [0.3, 0.4) is 0 Å². The van der Waals surface area contributed by atoms with Gasteiger partial charge in [-0.25, -0.2) is 0 Å². The van der Waals surface area contributed by atoms with Crippen LogP contribution in [0.25, 0.3) is 0 Å². The number of fused-ring (bicyclic) bond motifs is 1. The number of benzene rings is 2. The molecule has 25 heavy (non-hydrogen) atoms. The summed E-state index contributed by atoms with van der Waals surface area (Å²) in [6, 6.07) is 13.0. The van der Waals surface area contributed by atoms with Crippen molar-refractivity contribution >= 4 is 0 Å². The maximum atomic E-state index is 5.51. The highest BCUT2D eigenvalue weighted by Gasteiger charge is 2.32. The first-order chi connectivity index (χ1) is 12.2. The molecule has 0 fully saturated rings. The predicted octanol–water partition coefficient (Wildman–Crippen LogP) is 0.637. The second-order valence-electron chi connectivity index (χ2n) is 6.43. The molecule has 5 nitrogen and oxygen atoms in total. The lowest BCUT2D eigenvalue weighted by molar-refractivity contribution is -0.952. The van der Waals surface area contributed by atoms with Gasteiger partial charge in [-0.05, 0) is 42.0 Å². The largest absolute Gasteiger partial charge is 0.497 e. The summed E-state index contributed by atoms with van der Waals surface area (Å²) in [5.41, 5.74) is 8.22. The fourth-order valence-electron chi connectivity index (χ4n) is 3.74. The van der Waals surface area contributed by atoms with Crippen molar-refractivity contribution in [1.82, 2.24) is 0 Å². The summed E-state index contributed by atoms with van der Waals surface area (Å²) in [6.07, 6.45) is 1.04. The molecule has 1 heterocycles. The van der Waals surface area contributed by atoms with Gasteiger partial charge < -0.3 is 24.8 Å². The van der Waals surface area contributed by atoms with Gasteiger partial charge in [-0.15, -0.1) is 0 Å². The lowest BCUT2D eigenvalue weighted by Crippen LogP contribution is -3.13. The van der Waals surface area contributed by atoms with Crippen LogP contribution in [0.5, 0.6) is 17.2 Å². The van der Waals surface area contributed by atoms with Crippen LogP contribution in [-0.2, 0) is 13.0 Å². The van der Waals surface area contributed by atoms with Crippen molar-refractivity contribution in [3.05, 3.63) is 53.1 Å². The molecule has 0 bridgehead atoms. The molecule has 0 saturated carbocycles. The van der Waals surface area contributed by atoms with E-state index in [4.69, 9.17) is 14.2 Å². The summed E-state index contributed by atoms with van der Waals surface area (Å²) in [6.45, 7) is 2.93. The van der Waals surface area contributed by atoms with Crippen LogP contribution in [0.15, 0.2) is 36.4 Å². The smallest absolute Gasteiger partial charge is 0.163 e. The average molecular weight is 344 g/mol. The van der Waals surface area contributed by atoms with Crippen molar-refractivity contribution in [2.45, 2.75) is 19.0 Å². The van der Waals surface area contributed by atoms with Crippen LogP contribution in [0.1, 0.15) is 22.7 Å². The second-order valence-corrected chi connectivity index (χ2v) is 6.43. The predicted molar refractivity (Wildman–Crippen MR) is 96.3 cm³/mol. The van der Waals surface area contributed by atoms with Crippen LogP contribution in [0.4, 0.5) is 0 Å². The molecule has 0 saturated heterocycles. The van der Waals surface area contributed by atoms with Gasteiger partial charge in [0.25, 0.3) is 0 Å². The van der Waals surface area contributed by atoms with Gasteiger partial charge in [0.2, 0.25) is 0 Å². The molecule has 0 radical (unpaired) electrons. The maximum Gasteiger partial charge on any atom is 0.163 e. The Hall–Kier alpha value is -2.24. The Kier molecular flexibility index (Phi) is 5.46. The third-order valence-corrected chi connectivity index (χ3v) is 5.11. The van der Waals surface area contributed by atoms with Crippen LogP contribution >= 0.6 is 0 Å². The Labute approximate surface area is 149 Å². The van der Waals surface area contributed by atoms with E-state index in [2.05, 4.69) is 30.0 Å². The molecule has 0 aliphatic carbocycles. The van der Waals surface area contributed by atoms with Crippen molar-refractivity contribution in [3.63, 3.8) is 0 Å². The summed E-state index contributed by atoms with van der Waals surface area (Å²) in [4.78, 5) is 1.54. The van der Waals surface area contributed by atoms with Gasteiger partial charge in [-0.3, -0.25) is 0 Å². The van der Waals surface area contributed by atoms with E-state index in [9.17, 15) is 0 Å². The number of quaternary nitrogens is 2. The summed E-state index contributed by atoms with van der Waals surface area (Å²) >= 11 is 0. The first-order valence-electron chi connectivity index (χ1n) is 8.71. The molecule has 0 aromatic heterocycles. The van der Waals surface area contributed by atoms with Crippen LogP contribution in [-0.4, -0.2) is 34.4 Å². The molecule has 1 aliphatic rings. The van der Waals surface area contributed by atoms with E-state index in [1.807, 2.05) is 12.1 Å². The highest BCUT2D eigenvalue weighted by atomic mass is 16.5. The van der Waals surface area contributed by atoms with Crippen molar-refractivity contribution in [3.8, 4) is 17.2 Å². The molecular formula is C20H28N2O3+2. The highest BCUT2D eigenvalue weighted by molar-refractivity contribution is 5.48. The fraction of sp³-hybridized carbons (Fsp3) is 0.400. The topological polar surface area (TPSA) is 59.8 Å². The van der Waals surface area contributed by atoms with Crippen molar-refractivity contribution in [1.29, 1.82) is 0 Å². The summed E-state index contributed by atoms with van der Waals surface area (Å²) in [5, 5.41) is 0. The highest BCUT2D eigenvalue weighted by Crippen LogP contribution is 2.33. The monoisotopic (exact) mass is 344 g/mol. The Balaban J connectivity index is 1.86. The zero-order valence-electron chi connectivity index (χ0n) is 15.3. The molecule has 0 spiro atoms. The number of methoxy groups -OCH3 is 3. The van der Waals surface area contributed by atoms with E-state index in [0.29, 0.717) is 6.04 Å². The standard InChI is InChI=1S/C20H26N2O3/c1-23-16-6-4-14(5-7-16)13-22-9-8-15-10-19(24-2)20(25-3)11-17(15)18(22)12-21/h4-7,10-11,18H,8-9,12-13,21H2,1-3H3/p+2/t18-/m1/s1. The minimum Gasteiger partial charge on any atom is -0.497 e. The quantitative estimate of drug-likeness (QED) is 0.808. The van der Waals surface area contributed by atoms with Gasteiger partial charge in [0.15, 0.2) is 17.5 Å². The molecular weight excluding hydrogens is 316 g/mol. The first kappa shape index (κ1) is 17.6. The summed E-state index contributed by atoms with van der Waals surface area (Å²) in [5.74, 6) is 2.50. The van der Waals surface area contributed by atoms with Gasteiger partial charge in [0.05, 0.1) is 27.9 Å². The molecule has 4 N–H and O–H groups in total. The van der Waals surface area contributed by atoms with E-state index in [-0.39, 0.29) is 0 Å². The van der Waals surface area contributed by atoms with Gasteiger partial charge in [-0.2, -0.15) is 0 Å². The minimum absolute atomic E-state index is 0.366. The van der Waals surface area contributed by atoms with Gasteiger partial charge in [0, 0.05) is 17.5 Å². The molecule has 134 valence electrons. The lowest BCUT2D eigenvalue weighted by Gasteiger charge is -2.33. The molecule has 2 aromatic carbocycles. The fourth-order valence-corrected chi connectivity index (χ4v) is 3.74. The van der Waals surface area contributed by atoms with Gasteiger partial charge >= 0.3 is 0 Å². The SMILES string of the molecule is COc1ccc(C[NH+]2CCc3cc(OC)c(OC)cc3[C@H]2C[NH3+])cc1. The zero-order chi connectivity index (χ0) is 17.8. The normalized spacial score (nSPS) is 19.2. The average Bonchev–Trinajstić information content (AvgIpc) is 2.67. The molecule has 3 rings (SSSR count). The summed E-state index contributed by atoms with van der Waals surface area (Å²) < 4.78 is 16.2. The van der Waals surface area contributed by atoms with E-state index >= 15 is 0 Å². The van der Waals surface area contributed by atoms with Gasteiger partial charge in [-0.1, -0.05) is 0 Å². The Morgan fingerprint density at radius 2 is 1.68 bits per heavy atom. The van der Waals surface area contributed by atoms with Crippen LogP contribution in [0.2, 0.25) is 0 Å². The lowest BCUT2D eigenvalue weighted by atomic mass is 9.91. The number of hydrogen-bond acceptors (Lipinski definition) is 3. The third-order valence-electron chi connectivity index (χ3n) is 5.11. The number of hydrogen-bond donors (Lipinski definition) is 2. The number of rotatable bonds is 6. The number of ether oxygens (including phenoxy) is 3. The second kappa shape index (κ2) is 7.76. The van der Waals surface area contributed by atoms with Crippen molar-refractivity contribution in [2.75, 3.05) is 34.4 Å². The Bertz CT molecular complexity index is 716. The van der Waals surface area contributed by atoms with Crippen LogP contribution in [0, 0.1) is 0 Å².